The maximum atomic E-state index is 12.8. The number of pyridine rings is 1. The first-order valence-electron chi connectivity index (χ1n) is 6.31. The second-order valence-corrected chi connectivity index (χ2v) is 4.38. The van der Waals surface area contributed by atoms with Gasteiger partial charge in [-0.25, -0.2) is 14.6 Å². The van der Waals surface area contributed by atoms with Crippen molar-refractivity contribution in [1.29, 1.82) is 5.26 Å². The summed E-state index contributed by atoms with van der Waals surface area (Å²) in [6, 6.07) is 3.54. The van der Waals surface area contributed by atoms with Gasteiger partial charge in [0, 0.05) is 17.8 Å². The molecule has 0 radical (unpaired) electrons. The summed E-state index contributed by atoms with van der Waals surface area (Å²) < 4.78 is 44.6. The topological polar surface area (TPSA) is 106 Å². The monoisotopic (exact) mass is 333 g/mol. The van der Waals surface area contributed by atoms with Gasteiger partial charge in [-0.05, 0) is 12.1 Å². The van der Waals surface area contributed by atoms with Gasteiger partial charge < -0.3 is 4.42 Å². The van der Waals surface area contributed by atoms with Gasteiger partial charge in [-0.2, -0.15) is 18.4 Å². The minimum atomic E-state index is -4.68. The summed E-state index contributed by atoms with van der Waals surface area (Å²) in [7, 11) is 0. The maximum Gasteiger partial charge on any atom is 0.433 e. The predicted molar refractivity (Wildman–Crippen MR) is 72.5 cm³/mol. The quantitative estimate of drug-likeness (QED) is 0.723. The largest absolute Gasteiger partial charge is 0.433 e. The van der Waals surface area contributed by atoms with E-state index in [4.69, 9.17) is 9.68 Å². The fourth-order valence-corrected chi connectivity index (χ4v) is 1.74. The van der Waals surface area contributed by atoms with Crippen LogP contribution in [0.25, 0.3) is 23.7 Å². The fraction of sp³-hybridized carbons (Fsp3) is 0.0769. The molecule has 0 bridgehead atoms. The molecule has 120 valence electrons. The zero-order valence-electron chi connectivity index (χ0n) is 11.6. The van der Waals surface area contributed by atoms with E-state index >= 15 is 0 Å². The molecule has 3 heterocycles. The Morgan fingerprint density at radius 3 is 2.79 bits per heavy atom. The first-order valence-corrected chi connectivity index (χ1v) is 6.31. The van der Waals surface area contributed by atoms with Gasteiger partial charge in [-0.1, -0.05) is 0 Å². The van der Waals surface area contributed by atoms with Crippen LogP contribution in [-0.4, -0.2) is 29.9 Å². The summed E-state index contributed by atoms with van der Waals surface area (Å²) >= 11 is 0. The second-order valence-electron chi connectivity index (χ2n) is 4.38. The number of nitriles is 1. The van der Waals surface area contributed by atoms with Crippen LogP contribution in [0.1, 0.15) is 17.3 Å². The first-order chi connectivity index (χ1) is 11.5. The van der Waals surface area contributed by atoms with E-state index in [1.807, 2.05) is 0 Å². The van der Waals surface area contributed by atoms with Crippen molar-refractivity contribution >= 4 is 12.3 Å². The molecule has 0 saturated heterocycles. The highest BCUT2D eigenvalue weighted by molar-refractivity contribution is 5.58. The van der Waals surface area contributed by atoms with Gasteiger partial charge in [0.15, 0.2) is 5.82 Å². The Morgan fingerprint density at radius 2 is 2.12 bits per heavy atom. The number of nitrogens with zero attached hydrogens (tertiary/aromatic N) is 7. The SMILES string of the molecule is N#Cc1cc(-c2ncn(/C=C\c3nnco3)n2)cc(C(F)(F)F)n1. The third-order valence-corrected chi connectivity index (χ3v) is 2.74. The fourth-order valence-electron chi connectivity index (χ4n) is 1.74. The van der Waals surface area contributed by atoms with Crippen LogP contribution in [0.2, 0.25) is 0 Å². The number of hydrogen-bond donors (Lipinski definition) is 0. The molecule has 0 aliphatic carbocycles. The van der Waals surface area contributed by atoms with Crippen molar-refractivity contribution in [3.8, 4) is 17.5 Å². The van der Waals surface area contributed by atoms with Crippen LogP contribution < -0.4 is 0 Å². The normalized spacial score (nSPS) is 11.8. The summed E-state index contributed by atoms with van der Waals surface area (Å²) in [4.78, 5) is 7.15. The average Bonchev–Trinajstić information content (AvgIpc) is 3.23. The summed E-state index contributed by atoms with van der Waals surface area (Å²) in [6.07, 6.45) is 0.621. The van der Waals surface area contributed by atoms with Crippen LogP contribution in [0.5, 0.6) is 0 Å². The summed E-state index contributed by atoms with van der Waals surface area (Å²) in [5.74, 6) is 0.233. The molecule has 0 fully saturated rings. The molecule has 3 rings (SSSR count). The highest BCUT2D eigenvalue weighted by Crippen LogP contribution is 2.30. The molecule has 0 amide bonds. The second kappa shape index (κ2) is 5.92. The van der Waals surface area contributed by atoms with E-state index < -0.39 is 11.9 Å². The molecule has 11 heteroatoms. The van der Waals surface area contributed by atoms with Gasteiger partial charge in [0.2, 0.25) is 12.3 Å². The van der Waals surface area contributed by atoms with Gasteiger partial charge in [-0.15, -0.1) is 15.3 Å². The molecular weight excluding hydrogens is 327 g/mol. The van der Waals surface area contributed by atoms with Crippen LogP contribution in [0.3, 0.4) is 0 Å². The Hall–Kier alpha value is -3.55. The van der Waals surface area contributed by atoms with Gasteiger partial charge in [0.25, 0.3) is 0 Å². The van der Waals surface area contributed by atoms with E-state index in [-0.39, 0.29) is 23.0 Å². The number of aromatic nitrogens is 6. The zero-order chi connectivity index (χ0) is 17.2. The van der Waals surface area contributed by atoms with Crippen molar-refractivity contribution in [2.75, 3.05) is 0 Å². The lowest BCUT2D eigenvalue weighted by molar-refractivity contribution is -0.141. The van der Waals surface area contributed by atoms with Crippen molar-refractivity contribution in [3.05, 3.63) is 42.1 Å². The van der Waals surface area contributed by atoms with E-state index in [9.17, 15) is 13.2 Å². The molecule has 0 unspecified atom stereocenters. The number of hydrogen-bond acceptors (Lipinski definition) is 7. The van der Waals surface area contributed by atoms with Crippen LogP contribution in [0.4, 0.5) is 13.2 Å². The van der Waals surface area contributed by atoms with Crippen LogP contribution in [0, 0.1) is 11.3 Å². The average molecular weight is 333 g/mol. The summed E-state index contributed by atoms with van der Waals surface area (Å²) in [5.41, 5.74) is -1.54. The minimum absolute atomic E-state index is 0.00887. The van der Waals surface area contributed by atoms with Crippen molar-refractivity contribution in [1.82, 2.24) is 29.9 Å². The zero-order valence-corrected chi connectivity index (χ0v) is 11.6. The van der Waals surface area contributed by atoms with E-state index in [1.165, 1.54) is 29.4 Å². The standard InChI is InChI=1S/C13H6F3N7O/c14-13(15,16)10-4-8(3-9(5-17)20-10)12-18-6-23(22-12)2-1-11-21-19-7-24-11/h1-4,6-7H/b2-1-. The lowest BCUT2D eigenvalue weighted by Gasteiger charge is -2.07. The number of halogens is 3. The highest BCUT2D eigenvalue weighted by Gasteiger charge is 2.33. The number of alkyl halides is 3. The lowest BCUT2D eigenvalue weighted by atomic mass is 10.2. The predicted octanol–water partition coefficient (Wildman–Crippen LogP) is 2.24. The first kappa shape index (κ1) is 15.3. The van der Waals surface area contributed by atoms with E-state index in [0.717, 1.165) is 12.5 Å². The van der Waals surface area contributed by atoms with Crippen molar-refractivity contribution < 1.29 is 17.6 Å². The molecule has 0 atom stereocenters. The van der Waals surface area contributed by atoms with E-state index in [2.05, 4.69) is 25.3 Å². The van der Waals surface area contributed by atoms with E-state index in [1.54, 1.807) is 6.07 Å². The van der Waals surface area contributed by atoms with Gasteiger partial charge in [-0.3, -0.25) is 0 Å². The Bertz CT molecular complexity index is 922. The van der Waals surface area contributed by atoms with Crippen LogP contribution in [-0.2, 0) is 6.18 Å². The summed E-state index contributed by atoms with van der Waals surface area (Å²) in [5, 5.41) is 19.9. The molecule has 0 N–H and O–H groups in total. The molecule has 3 aromatic rings. The van der Waals surface area contributed by atoms with Crippen molar-refractivity contribution in [2.24, 2.45) is 0 Å². The molecule has 8 nitrogen and oxygen atoms in total. The minimum Gasteiger partial charge on any atom is -0.424 e. The van der Waals surface area contributed by atoms with Crippen molar-refractivity contribution in [2.45, 2.75) is 6.18 Å². The van der Waals surface area contributed by atoms with Gasteiger partial charge in [0.1, 0.15) is 23.8 Å². The molecule has 3 aromatic heterocycles. The Morgan fingerprint density at radius 1 is 1.29 bits per heavy atom. The van der Waals surface area contributed by atoms with Crippen LogP contribution in [0.15, 0.2) is 29.3 Å². The van der Waals surface area contributed by atoms with Crippen molar-refractivity contribution in [3.63, 3.8) is 0 Å². The Balaban J connectivity index is 1.94. The number of rotatable bonds is 3. The highest BCUT2D eigenvalue weighted by atomic mass is 19.4. The van der Waals surface area contributed by atoms with Gasteiger partial charge >= 0.3 is 6.18 Å². The lowest BCUT2D eigenvalue weighted by Crippen LogP contribution is -2.09. The molecule has 0 saturated carbocycles. The molecule has 0 spiro atoms. The van der Waals surface area contributed by atoms with E-state index in [0.29, 0.717) is 0 Å². The molecule has 0 aromatic carbocycles. The maximum absolute atomic E-state index is 12.8. The third-order valence-electron chi connectivity index (χ3n) is 2.74. The van der Waals surface area contributed by atoms with Crippen LogP contribution >= 0.6 is 0 Å². The Kier molecular flexibility index (Phi) is 3.78. The summed E-state index contributed by atoms with van der Waals surface area (Å²) in [6.45, 7) is 0. The third kappa shape index (κ3) is 3.27. The molecule has 0 aliphatic heterocycles. The smallest absolute Gasteiger partial charge is 0.424 e. The molecular formula is C13H6F3N7O. The van der Waals surface area contributed by atoms with Gasteiger partial charge in [0.05, 0.1) is 0 Å². The Labute approximate surface area is 131 Å². The molecule has 0 aliphatic rings. The molecule has 24 heavy (non-hydrogen) atoms.